The van der Waals surface area contributed by atoms with E-state index in [1.807, 2.05) is 24.5 Å². The second-order valence-corrected chi connectivity index (χ2v) is 6.87. The molecule has 1 atom stereocenters. The van der Waals surface area contributed by atoms with Crippen molar-refractivity contribution in [1.82, 2.24) is 14.9 Å². The zero-order chi connectivity index (χ0) is 18.8. The number of anilines is 1. The van der Waals surface area contributed by atoms with Crippen molar-refractivity contribution in [1.29, 1.82) is 0 Å². The number of aromatic hydroxyl groups is 1. The Morgan fingerprint density at radius 3 is 2.74 bits per heavy atom. The van der Waals surface area contributed by atoms with Crippen LogP contribution < -0.4 is 10.6 Å². The molecule has 0 fully saturated rings. The fraction of sp³-hybridized carbons (Fsp3) is 0.300. The summed E-state index contributed by atoms with van der Waals surface area (Å²) in [7, 11) is 0. The molecule has 4 rings (SSSR count). The van der Waals surface area contributed by atoms with Crippen LogP contribution in [-0.4, -0.2) is 27.0 Å². The molecule has 1 unspecified atom stereocenters. The number of aromatic nitrogens is 2. The Morgan fingerprint density at radius 2 is 2.04 bits per heavy atom. The Labute approximate surface area is 157 Å². The van der Waals surface area contributed by atoms with Crippen molar-refractivity contribution < 1.29 is 9.52 Å². The number of nitrogens with zero attached hydrogens (tertiary/aromatic N) is 3. The SMILES string of the molecule is CC(C)n1cnc2c1NC(c1ccoc1)NC2=NCCc1ccc(O)cc1. The average Bonchev–Trinajstić information content (AvgIpc) is 3.33. The van der Waals surface area contributed by atoms with Crippen LogP contribution in [0.15, 0.2) is 58.6 Å². The van der Waals surface area contributed by atoms with Gasteiger partial charge in [0.2, 0.25) is 0 Å². The second-order valence-electron chi connectivity index (χ2n) is 6.87. The number of phenols is 1. The van der Waals surface area contributed by atoms with Crippen molar-refractivity contribution in [3.8, 4) is 5.75 Å². The summed E-state index contributed by atoms with van der Waals surface area (Å²) < 4.78 is 7.35. The lowest BCUT2D eigenvalue weighted by molar-refractivity contribution is 0.475. The van der Waals surface area contributed by atoms with E-state index in [1.165, 1.54) is 0 Å². The fourth-order valence-corrected chi connectivity index (χ4v) is 3.13. The highest BCUT2D eigenvalue weighted by molar-refractivity contribution is 6.03. The summed E-state index contributed by atoms with van der Waals surface area (Å²) in [4.78, 5) is 9.33. The average molecular weight is 365 g/mol. The predicted molar refractivity (Wildman–Crippen MR) is 104 cm³/mol. The molecule has 0 bridgehead atoms. The standard InChI is InChI=1S/C20H23N5O2/c1-13(2)25-12-22-17-19(21-9-7-14-3-5-16(26)6-4-14)23-18(24-20(17)25)15-8-10-27-11-15/h3-6,8,10-13,18,24,26H,7,9H2,1-2H3,(H,21,23). The summed E-state index contributed by atoms with van der Waals surface area (Å²) in [6, 6.07) is 9.44. The van der Waals surface area contributed by atoms with Gasteiger partial charge in [0.05, 0.1) is 18.9 Å². The molecular weight excluding hydrogens is 342 g/mol. The normalized spacial score (nSPS) is 17.6. The van der Waals surface area contributed by atoms with E-state index >= 15 is 0 Å². The third-order valence-electron chi connectivity index (χ3n) is 4.62. The summed E-state index contributed by atoms with van der Waals surface area (Å²) in [5, 5.41) is 16.3. The molecule has 1 aliphatic heterocycles. The number of nitrogens with one attached hydrogen (secondary N) is 2. The second kappa shape index (κ2) is 7.19. The van der Waals surface area contributed by atoms with Crippen molar-refractivity contribution >= 4 is 11.7 Å². The molecule has 7 heteroatoms. The van der Waals surface area contributed by atoms with E-state index in [-0.39, 0.29) is 18.0 Å². The number of amidine groups is 1. The lowest BCUT2D eigenvalue weighted by Crippen LogP contribution is -2.40. The van der Waals surface area contributed by atoms with E-state index in [9.17, 15) is 5.11 Å². The lowest BCUT2D eigenvalue weighted by Gasteiger charge is -2.28. The van der Waals surface area contributed by atoms with Crippen LogP contribution >= 0.6 is 0 Å². The Balaban J connectivity index is 1.59. The first-order valence-corrected chi connectivity index (χ1v) is 9.06. The molecule has 0 spiro atoms. The van der Waals surface area contributed by atoms with Gasteiger partial charge in [-0.1, -0.05) is 12.1 Å². The number of hydrogen-bond acceptors (Lipinski definition) is 5. The molecule has 1 aliphatic rings. The van der Waals surface area contributed by atoms with Gasteiger partial charge < -0.3 is 24.7 Å². The lowest BCUT2D eigenvalue weighted by atomic mass is 10.1. The van der Waals surface area contributed by atoms with Gasteiger partial charge in [0, 0.05) is 18.2 Å². The highest BCUT2D eigenvalue weighted by Crippen LogP contribution is 2.28. The molecule has 3 aromatic rings. The van der Waals surface area contributed by atoms with Gasteiger partial charge >= 0.3 is 0 Å². The number of furan rings is 1. The number of benzene rings is 1. The number of imidazole rings is 1. The van der Waals surface area contributed by atoms with Gasteiger partial charge in [-0.05, 0) is 44.0 Å². The molecule has 0 saturated carbocycles. The summed E-state index contributed by atoms with van der Waals surface area (Å²) >= 11 is 0. The highest BCUT2D eigenvalue weighted by Gasteiger charge is 2.28. The van der Waals surface area contributed by atoms with Crippen LogP contribution in [0.25, 0.3) is 0 Å². The van der Waals surface area contributed by atoms with Gasteiger partial charge in [-0.15, -0.1) is 0 Å². The molecule has 3 heterocycles. The molecule has 0 saturated heterocycles. The summed E-state index contributed by atoms with van der Waals surface area (Å²) in [5.41, 5.74) is 2.96. The largest absolute Gasteiger partial charge is 0.508 e. The van der Waals surface area contributed by atoms with Crippen molar-refractivity contribution in [2.24, 2.45) is 4.99 Å². The predicted octanol–water partition coefficient (Wildman–Crippen LogP) is 3.47. The summed E-state index contributed by atoms with van der Waals surface area (Å²) in [5.74, 6) is 2.00. The zero-order valence-electron chi connectivity index (χ0n) is 15.4. The van der Waals surface area contributed by atoms with Crippen LogP contribution in [0.3, 0.4) is 0 Å². The topological polar surface area (TPSA) is 87.6 Å². The third-order valence-corrected chi connectivity index (χ3v) is 4.62. The van der Waals surface area contributed by atoms with Crippen molar-refractivity contribution in [3.05, 3.63) is 66.0 Å². The van der Waals surface area contributed by atoms with Gasteiger partial charge in [0.15, 0.2) is 5.84 Å². The van der Waals surface area contributed by atoms with E-state index in [1.54, 1.807) is 24.7 Å². The highest BCUT2D eigenvalue weighted by atomic mass is 16.3. The first-order chi connectivity index (χ1) is 13.1. The number of phenolic OH excluding ortho intramolecular Hbond substituents is 1. The minimum absolute atomic E-state index is 0.127. The first-order valence-electron chi connectivity index (χ1n) is 9.06. The molecule has 3 N–H and O–H groups in total. The maximum Gasteiger partial charge on any atom is 0.153 e. The summed E-state index contributed by atoms with van der Waals surface area (Å²) in [6.45, 7) is 4.87. The van der Waals surface area contributed by atoms with Crippen molar-refractivity contribution in [3.63, 3.8) is 0 Å². The fourth-order valence-electron chi connectivity index (χ4n) is 3.13. The monoisotopic (exact) mass is 365 g/mol. The molecule has 7 nitrogen and oxygen atoms in total. The third kappa shape index (κ3) is 3.53. The smallest absolute Gasteiger partial charge is 0.153 e. The number of fused-ring (bicyclic) bond motifs is 1. The number of rotatable bonds is 5. The van der Waals surface area contributed by atoms with E-state index < -0.39 is 0 Å². The Morgan fingerprint density at radius 1 is 1.22 bits per heavy atom. The van der Waals surface area contributed by atoms with E-state index in [0.717, 1.165) is 34.9 Å². The number of aliphatic imine (C=N–C) groups is 1. The maximum absolute atomic E-state index is 9.40. The molecule has 2 aromatic heterocycles. The zero-order valence-corrected chi connectivity index (χ0v) is 15.4. The minimum atomic E-state index is -0.127. The van der Waals surface area contributed by atoms with Crippen LogP contribution in [0.5, 0.6) is 5.75 Å². The minimum Gasteiger partial charge on any atom is -0.508 e. The molecule has 140 valence electrons. The van der Waals surface area contributed by atoms with Gasteiger partial charge in [0.25, 0.3) is 0 Å². The molecule has 0 radical (unpaired) electrons. The van der Waals surface area contributed by atoms with Gasteiger partial charge in [-0.2, -0.15) is 0 Å². The van der Waals surface area contributed by atoms with Crippen molar-refractivity contribution in [2.75, 3.05) is 11.9 Å². The Bertz CT molecular complexity index is 926. The van der Waals surface area contributed by atoms with Crippen molar-refractivity contribution in [2.45, 2.75) is 32.5 Å². The Hall–Kier alpha value is -3.22. The van der Waals surface area contributed by atoms with Crippen LogP contribution in [-0.2, 0) is 6.42 Å². The molecule has 0 aliphatic carbocycles. The van der Waals surface area contributed by atoms with Crippen LogP contribution in [0.4, 0.5) is 5.82 Å². The Kier molecular flexibility index (Phi) is 4.58. The van der Waals surface area contributed by atoms with E-state index in [0.29, 0.717) is 6.54 Å². The van der Waals surface area contributed by atoms with Crippen LogP contribution in [0, 0.1) is 0 Å². The quantitative estimate of drug-likeness (QED) is 0.644. The van der Waals surface area contributed by atoms with E-state index in [2.05, 4.69) is 34.0 Å². The first kappa shape index (κ1) is 17.2. The molecule has 1 aromatic carbocycles. The molecular formula is C20H23N5O2. The van der Waals surface area contributed by atoms with Crippen LogP contribution in [0.2, 0.25) is 0 Å². The maximum atomic E-state index is 9.40. The van der Waals surface area contributed by atoms with Gasteiger partial charge in [-0.25, -0.2) is 4.98 Å². The van der Waals surface area contributed by atoms with Crippen LogP contribution in [0.1, 0.15) is 42.9 Å². The number of hydrogen-bond donors (Lipinski definition) is 3. The van der Waals surface area contributed by atoms with Gasteiger partial charge in [-0.3, -0.25) is 4.99 Å². The molecule has 0 amide bonds. The molecule has 27 heavy (non-hydrogen) atoms. The van der Waals surface area contributed by atoms with E-state index in [4.69, 9.17) is 9.41 Å². The summed E-state index contributed by atoms with van der Waals surface area (Å²) in [6.07, 6.45) is 5.89. The van der Waals surface area contributed by atoms with Gasteiger partial charge in [0.1, 0.15) is 23.4 Å².